The first kappa shape index (κ1) is 19.0. The Bertz CT molecular complexity index is 572. The topological polar surface area (TPSA) is 58.1 Å². The SMILES string of the molecule is CCNC(=NCC1(OC)CCOCC1)NC1CCN(c2ccccc2)C1. The molecule has 2 saturated heterocycles. The van der Waals surface area contributed by atoms with Crippen LogP contribution >= 0.6 is 0 Å². The number of nitrogens with one attached hydrogen (secondary N) is 2. The van der Waals surface area contributed by atoms with Gasteiger partial charge in [-0.25, -0.2) is 0 Å². The van der Waals surface area contributed by atoms with Crippen LogP contribution in [-0.2, 0) is 9.47 Å². The Morgan fingerprint density at radius 2 is 2.08 bits per heavy atom. The molecule has 0 aromatic heterocycles. The second-order valence-corrected chi connectivity index (χ2v) is 7.11. The minimum atomic E-state index is -0.188. The third kappa shape index (κ3) is 4.89. The molecule has 1 aromatic carbocycles. The van der Waals surface area contributed by atoms with Gasteiger partial charge >= 0.3 is 0 Å². The van der Waals surface area contributed by atoms with Crippen molar-refractivity contribution < 1.29 is 9.47 Å². The van der Waals surface area contributed by atoms with Crippen molar-refractivity contribution in [1.82, 2.24) is 10.6 Å². The molecule has 1 unspecified atom stereocenters. The van der Waals surface area contributed by atoms with E-state index in [1.165, 1.54) is 5.69 Å². The molecular weight excluding hydrogens is 328 g/mol. The molecule has 2 aliphatic heterocycles. The number of guanidine groups is 1. The number of anilines is 1. The van der Waals surface area contributed by atoms with Crippen LogP contribution in [0.5, 0.6) is 0 Å². The second kappa shape index (κ2) is 9.24. The summed E-state index contributed by atoms with van der Waals surface area (Å²) in [7, 11) is 1.79. The molecule has 2 N–H and O–H groups in total. The molecule has 6 nitrogen and oxygen atoms in total. The van der Waals surface area contributed by atoms with E-state index in [0.29, 0.717) is 12.6 Å². The summed E-state index contributed by atoms with van der Waals surface area (Å²) < 4.78 is 11.3. The van der Waals surface area contributed by atoms with Crippen molar-refractivity contribution in [2.45, 2.75) is 37.8 Å². The van der Waals surface area contributed by atoms with Crippen molar-refractivity contribution in [2.24, 2.45) is 4.99 Å². The van der Waals surface area contributed by atoms with Crippen molar-refractivity contribution in [3.05, 3.63) is 30.3 Å². The highest BCUT2D eigenvalue weighted by Crippen LogP contribution is 2.25. The third-order valence-corrected chi connectivity index (χ3v) is 5.36. The van der Waals surface area contributed by atoms with Crippen molar-refractivity contribution in [2.75, 3.05) is 51.4 Å². The standard InChI is InChI=1S/C20H32N4O2/c1-3-21-19(22-16-20(25-2)10-13-26-14-11-20)23-17-9-12-24(15-17)18-7-5-4-6-8-18/h4-8,17H,3,9-16H2,1-2H3,(H2,21,22,23). The molecule has 0 radical (unpaired) electrons. The van der Waals surface area contributed by atoms with Crippen molar-refractivity contribution >= 4 is 11.6 Å². The first-order valence-corrected chi connectivity index (χ1v) is 9.72. The van der Waals surface area contributed by atoms with Crippen molar-refractivity contribution in [3.63, 3.8) is 0 Å². The minimum absolute atomic E-state index is 0.188. The van der Waals surface area contributed by atoms with E-state index < -0.39 is 0 Å². The van der Waals surface area contributed by atoms with Gasteiger partial charge in [0.05, 0.1) is 12.1 Å². The Morgan fingerprint density at radius 1 is 1.31 bits per heavy atom. The van der Waals surface area contributed by atoms with Crippen LogP contribution in [0.4, 0.5) is 5.69 Å². The molecule has 1 atom stereocenters. The fourth-order valence-electron chi connectivity index (χ4n) is 3.66. The lowest BCUT2D eigenvalue weighted by Crippen LogP contribution is -2.47. The summed E-state index contributed by atoms with van der Waals surface area (Å²) in [5.74, 6) is 0.885. The Labute approximate surface area is 157 Å². The van der Waals surface area contributed by atoms with Crippen LogP contribution < -0.4 is 15.5 Å². The maximum Gasteiger partial charge on any atom is 0.191 e. The monoisotopic (exact) mass is 360 g/mol. The molecule has 2 aliphatic rings. The van der Waals surface area contributed by atoms with Gasteiger partial charge in [0.25, 0.3) is 0 Å². The van der Waals surface area contributed by atoms with Gasteiger partial charge in [0.2, 0.25) is 0 Å². The van der Waals surface area contributed by atoms with Crippen LogP contribution in [0.2, 0.25) is 0 Å². The molecule has 144 valence electrons. The zero-order chi connectivity index (χ0) is 18.2. The summed E-state index contributed by atoms with van der Waals surface area (Å²) >= 11 is 0. The summed E-state index contributed by atoms with van der Waals surface area (Å²) in [5, 5.41) is 6.99. The lowest BCUT2D eigenvalue weighted by molar-refractivity contribution is -0.0828. The highest BCUT2D eigenvalue weighted by Gasteiger charge is 2.32. The van der Waals surface area contributed by atoms with Crippen molar-refractivity contribution in [1.29, 1.82) is 0 Å². The van der Waals surface area contributed by atoms with E-state index in [1.54, 1.807) is 7.11 Å². The number of benzene rings is 1. The Kier molecular flexibility index (Phi) is 6.74. The number of nitrogens with zero attached hydrogens (tertiary/aromatic N) is 2. The molecule has 0 amide bonds. The maximum absolute atomic E-state index is 5.80. The van der Waals surface area contributed by atoms with E-state index >= 15 is 0 Å². The van der Waals surface area contributed by atoms with Crippen LogP contribution in [0, 0.1) is 0 Å². The van der Waals surface area contributed by atoms with E-state index in [4.69, 9.17) is 14.5 Å². The first-order chi connectivity index (χ1) is 12.7. The highest BCUT2D eigenvalue weighted by atomic mass is 16.5. The summed E-state index contributed by atoms with van der Waals surface area (Å²) in [4.78, 5) is 7.26. The molecule has 0 bridgehead atoms. The summed E-state index contributed by atoms with van der Waals surface area (Å²) in [6, 6.07) is 11.0. The first-order valence-electron chi connectivity index (χ1n) is 9.72. The number of para-hydroxylation sites is 1. The van der Waals surface area contributed by atoms with Gasteiger partial charge in [0, 0.05) is 64.5 Å². The lowest BCUT2D eigenvalue weighted by atomic mass is 9.94. The Morgan fingerprint density at radius 3 is 2.77 bits per heavy atom. The molecular formula is C20H32N4O2. The van der Waals surface area contributed by atoms with Gasteiger partial charge in [0.1, 0.15) is 0 Å². The van der Waals surface area contributed by atoms with Gasteiger partial charge in [0.15, 0.2) is 5.96 Å². The quantitative estimate of drug-likeness (QED) is 0.600. The number of hydrogen-bond acceptors (Lipinski definition) is 4. The smallest absolute Gasteiger partial charge is 0.191 e. The van der Waals surface area contributed by atoms with Gasteiger partial charge in [-0.2, -0.15) is 0 Å². The minimum Gasteiger partial charge on any atom is -0.381 e. The van der Waals surface area contributed by atoms with Gasteiger partial charge in [-0.05, 0) is 25.5 Å². The molecule has 6 heteroatoms. The highest BCUT2D eigenvalue weighted by molar-refractivity contribution is 5.80. The van der Waals surface area contributed by atoms with E-state index in [0.717, 1.165) is 58.1 Å². The number of ether oxygens (including phenoxy) is 2. The zero-order valence-corrected chi connectivity index (χ0v) is 16.0. The van der Waals surface area contributed by atoms with Gasteiger partial charge in [-0.1, -0.05) is 18.2 Å². The van der Waals surface area contributed by atoms with Crippen molar-refractivity contribution in [3.8, 4) is 0 Å². The molecule has 2 fully saturated rings. The molecule has 1 aromatic rings. The van der Waals surface area contributed by atoms with Gasteiger partial charge in [-0.15, -0.1) is 0 Å². The predicted octanol–water partition coefficient (Wildman–Crippen LogP) is 2.02. The van der Waals surface area contributed by atoms with E-state index in [1.807, 2.05) is 0 Å². The molecule has 2 heterocycles. The van der Waals surface area contributed by atoms with E-state index in [2.05, 4.69) is 52.8 Å². The Balaban J connectivity index is 1.58. The average molecular weight is 361 g/mol. The normalized spacial score (nSPS) is 23.1. The van der Waals surface area contributed by atoms with Crippen LogP contribution in [0.3, 0.4) is 0 Å². The fourth-order valence-corrected chi connectivity index (χ4v) is 3.66. The lowest BCUT2D eigenvalue weighted by Gasteiger charge is -2.34. The predicted molar refractivity (Wildman–Crippen MR) is 106 cm³/mol. The molecule has 3 rings (SSSR count). The number of aliphatic imine (C=N–C) groups is 1. The summed E-state index contributed by atoms with van der Waals surface area (Å²) in [6.45, 7) is 7.19. The second-order valence-electron chi connectivity index (χ2n) is 7.11. The molecule has 0 spiro atoms. The van der Waals surface area contributed by atoms with Gasteiger partial charge < -0.3 is 25.0 Å². The Hall–Kier alpha value is -1.79. The number of rotatable bonds is 6. The maximum atomic E-state index is 5.80. The molecule has 0 aliphatic carbocycles. The molecule has 0 saturated carbocycles. The van der Waals surface area contributed by atoms with Gasteiger partial charge in [-0.3, -0.25) is 4.99 Å². The average Bonchev–Trinajstić information content (AvgIpc) is 3.16. The van der Waals surface area contributed by atoms with Crippen LogP contribution in [0.25, 0.3) is 0 Å². The molecule has 26 heavy (non-hydrogen) atoms. The van der Waals surface area contributed by atoms with Crippen LogP contribution in [-0.4, -0.2) is 64.1 Å². The number of hydrogen-bond donors (Lipinski definition) is 2. The third-order valence-electron chi connectivity index (χ3n) is 5.36. The largest absolute Gasteiger partial charge is 0.381 e. The summed E-state index contributed by atoms with van der Waals surface area (Å²) in [6.07, 6.45) is 2.91. The van der Waals surface area contributed by atoms with Crippen LogP contribution in [0.15, 0.2) is 35.3 Å². The van der Waals surface area contributed by atoms with E-state index in [-0.39, 0.29) is 5.60 Å². The summed E-state index contributed by atoms with van der Waals surface area (Å²) in [5.41, 5.74) is 1.10. The zero-order valence-electron chi connectivity index (χ0n) is 16.0. The van der Waals surface area contributed by atoms with E-state index in [9.17, 15) is 0 Å². The number of methoxy groups -OCH3 is 1. The van der Waals surface area contributed by atoms with Crippen LogP contribution in [0.1, 0.15) is 26.2 Å². The fraction of sp³-hybridized carbons (Fsp3) is 0.650.